The second-order valence-electron chi connectivity index (χ2n) is 4.69. The van der Waals surface area contributed by atoms with Crippen molar-refractivity contribution in [2.75, 3.05) is 0 Å². The maximum atomic E-state index is 10.5. The predicted molar refractivity (Wildman–Crippen MR) is 73.9 cm³/mol. The summed E-state index contributed by atoms with van der Waals surface area (Å²) in [5.74, 6) is -0.705. The molecule has 0 radical (unpaired) electrons. The Hall–Kier alpha value is -1.83. The fourth-order valence-corrected chi connectivity index (χ4v) is 2.42. The molecule has 2 aromatic rings. The number of aliphatic carboxylic acids is 1. The van der Waals surface area contributed by atoms with Crippen molar-refractivity contribution in [2.45, 2.75) is 32.6 Å². The lowest BCUT2D eigenvalue weighted by Crippen LogP contribution is -1.95. The first kappa shape index (κ1) is 12.6. The van der Waals surface area contributed by atoms with Crippen molar-refractivity contribution < 1.29 is 9.90 Å². The Morgan fingerprint density at radius 2 is 1.83 bits per heavy atom. The van der Waals surface area contributed by atoms with E-state index in [0.717, 1.165) is 19.3 Å². The van der Waals surface area contributed by atoms with Crippen molar-refractivity contribution >= 4 is 16.7 Å². The van der Waals surface area contributed by atoms with Gasteiger partial charge in [0, 0.05) is 6.42 Å². The molecule has 0 heterocycles. The van der Waals surface area contributed by atoms with Crippen LogP contribution in [0.1, 0.15) is 30.4 Å². The number of carboxylic acids is 1. The molecule has 0 aliphatic heterocycles. The van der Waals surface area contributed by atoms with Gasteiger partial charge in [-0.3, -0.25) is 4.79 Å². The second-order valence-corrected chi connectivity index (χ2v) is 4.69. The van der Waals surface area contributed by atoms with Gasteiger partial charge in [-0.2, -0.15) is 0 Å². The standard InChI is InChI=1S/C16H18O2/c1-12-6-4-8-14-10-5-9-13(16(12)14)7-2-3-11-15(17)18/h4-6,8-10H,2-3,7,11H2,1H3,(H,17,18). The molecule has 0 bridgehead atoms. The van der Waals surface area contributed by atoms with Gasteiger partial charge < -0.3 is 5.11 Å². The molecule has 2 heteroatoms. The van der Waals surface area contributed by atoms with Gasteiger partial charge in [-0.15, -0.1) is 0 Å². The maximum Gasteiger partial charge on any atom is 0.303 e. The van der Waals surface area contributed by atoms with Crippen LogP contribution in [0.4, 0.5) is 0 Å². The van der Waals surface area contributed by atoms with E-state index in [1.54, 1.807) is 0 Å². The van der Waals surface area contributed by atoms with Crippen LogP contribution >= 0.6 is 0 Å². The van der Waals surface area contributed by atoms with E-state index in [0.29, 0.717) is 0 Å². The lowest BCUT2D eigenvalue weighted by molar-refractivity contribution is -0.137. The molecule has 2 rings (SSSR count). The summed E-state index contributed by atoms with van der Waals surface area (Å²) in [6, 6.07) is 12.7. The summed E-state index contributed by atoms with van der Waals surface area (Å²) in [6.07, 6.45) is 2.90. The van der Waals surface area contributed by atoms with Crippen molar-refractivity contribution in [3.8, 4) is 0 Å². The average molecular weight is 242 g/mol. The number of carbonyl (C=O) groups is 1. The third kappa shape index (κ3) is 2.89. The molecular formula is C16H18O2. The molecule has 94 valence electrons. The normalized spacial score (nSPS) is 10.7. The van der Waals surface area contributed by atoms with Gasteiger partial charge in [-0.25, -0.2) is 0 Å². The van der Waals surface area contributed by atoms with Crippen molar-refractivity contribution in [2.24, 2.45) is 0 Å². The molecule has 18 heavy (non-hydrogen) atoms. The largest absolute Gasteiger partial charge is 0.481 e. The van der Waals surface area contributed by atoms with Crippen LogP contribution in [0, 0.1) is 6.92 Å². The van der Waals surface area contributed by atoms with Crippen LogP contribution in [0.15, 0.2) is 36.4 Å². The zero-order valence-corrected chi connectivity index (χ0v) is 10.6. The van der Waals surface area contributed by atoms with Crippen LogP contribution in [-0.2, 0) is 11.2 Å². The zero-order valence-electron chi connectivity index (χ0n) is 10.6. The van der Waals surface area contributed by atoms with Gasteiger partial charge >= 0.3 is 5.97 Å². The first-order valence-electron chi connectivity index (χ1n) is 6.37. The quantitative estimate of drug-likeness (QED) is 0.806. The van der Waals surface area contributed by atoms with Gasteiger partial charge in [0.15, 0.2) is 0 Å². The van der Waals surface area contributed by atoms with Crippen LogP contribution in [0.25, 0.3) is 10.8 Å². The molecule has 0 saturated heterocycles. The zero-order chi connectivity index (χ0) is 13.0. The van der Waals surface area contributed by atoms with Gasteiger partial charge in [0.25, 0.3) is 0 Å². The minimum Gasteiger partial charge on any atom is -0.481 e. The highest BCUT2D eigenvalue weighted by molar-refractivity contribution is 5.88. The van der Waals surface area contributed by atoms with E-state index in [1.165, 1.54) is 21.9 Å². The minimum absolute atomic E-state index is 0.268. The van der Waals surface area contributed by atoms with Gasteiger partial charge in [0.2, 0.25) is 0 Å². The number of benzene rings is 2. The van der Waals surface area contributed by atoms with E-state index < -0.39 is 5.97 Å². The van der Waals surface area contributed by atoms with Gasteiger partial charge in [0.1, 0.15) is 0 Å². The molecule has 0 fully saturated rings. The fraction of sp³-hybridized carbons (Fsp3) is 0.312. The third-order valence-corrected chi connectivity index (χ3v) is 3.29. The van der Waals surface area contributed by atoms with Crippen molar-refractivity contribution in [1.82, 2.24) is 0 Å². The van der Waals surface area contributed by atoms with Crippen LogP contribution < -0.4 is 0 Å². The first-order valence-corrected chi connectivity index (χ1v) is 6.37. The van der Waals surface area contributed by atoms with Gasteiger partial charge in [-0.1, -0.05) is 36.4 Å². The topological polar surface area (TPSA) is 37.3 Å². The van der Waals surface area contributed by atoms with Crippen molar-refractivity contribution in [3.05, 3.63) is 47.5 Å². The number of hydrogen-bond donors (Lipinski definition) is 1. The van der Waals surface area contributed by atoms with Crippen LogP contribution in [0.2, 0.25) is 0 Å². The molecule has 0 saturated carbocycles. The predicted octanol–water partition coefficient (Wildman–Crippen LogP) is 3.95. The third-order valence-electron chi connectivity index (χ3n) is 3.29. The Balaban J connectivity index is 2.15. The van der Waals surface area contributed by atoms with Crippen molar-refractivity contribution in [3.63, 3.8) is 0 Å². The molecular weight excluding hydrogens is 224 g/mol. The summed E-state index contributed by atoms with van der Waals surface area (Å²) in [5.41, 5.74) is 2.62. The highest BCUT2D eigenvalue weighted by Crippen LogP contribution is 2.24. The molecule has 0 aliphatic rings. The Morgan fingerprint density at radius 1 is 1.11 bits per heavy atom. The van der Waals surface area contributed by atoms with Crippen molar-refractivity contribution in [1.29, 1.82) is 0 Å². The lowest BCUT2D eigenvalue weighted by atomic mass is 9.96. The molecule has 0 unspecified atom stereocenters. The highest BCUT2D eigenvalue weighted by atomic mass is 16.4. The molecule has 0 spiro atoms. The molecule has 2 aromatic carbocycles. The number of aryl methyl sites for hydroxylation is 2. The molecule has 0 aromatic heterocycles. The van der Waals surface area contributed by atoms with E-state index in [-0.39, 0.29) is 6.42 Å². The average Bonchev–Trinajstić information content (AvgIpc) is 2.34. The Bertz CT molecular complexity index is 553. The van der Waals surface area contributed by atoms with Gasteiger partial charge in [-0.05, 0) is 48.1 Å². The summed E-state index contributed by atoms with van der Waals surface area (Å²) in [4.78, 5) is 10.5. The monoisotopic (exact) mass is 242 g/mol. The van der Waals surface area contributed by atoms with Crippen LogP contribution in [-0.4, -0.2) is 11.1 Å². The number of hydrogen-bond acceptors (Lipinski definition) is 1. The number of unbranched alkanes of at least 4 members (excludes halogenated alkanes) is 1. The van der Waals surface area contributed by atoms with Crippen LogP contribution in [0.5, 0.6) is 0 Å². The number of carboxylic acid groups (broad SMARTS) is 1. The molecule has 0 atom stereocenters. The molecule has 0 aliphatic carbocycles. The van der Waals surface area contributed by atoms with Gasteiger partial charge in [0.05, 0.1) is 0 Å². The molecule has 2 nitrogen and oxygen atoms in total. The summed E-state index contributed by atoms with van der Waals surface area (Å²) in [5, 5.41) is 11.2. The Labute approximate surface area is 107 Å². The maximum absolute atomic E-state index is 10.5. The number of rotatable bonds is 5. The summed E-state index contributed by atoms with van der Waals surface area (Å²) < 4.78 is 0. The highest BCUT2D eigenvalue weighted by Gasteiger charge is 2.04. The Kier molecular flexibility index (Phi) is 3.98. The summed E-state index contributed by atoms with van der Waals surface area (Å²) in [7, 11) is 0. The Morgan fingerprint density at radius 3 is 2.56 bits per heavy atom. The van der Waals surface area contributed by atoms with E-state index in [4.69, 9.17) is 5.11 Å². The minimum atomic E-state index is -0.705. The molecule has 1 N–H and O–H groups in total. The van der Waals surface area contributed by atoms with E-state index in [1.807, 2.05) is 0 Å². The fourth-order valence-electron chi connectivity index (χ4n) is 2.42. The van der Waals surface area contributed by atoms with Crippen LogP contribution in [0.3, 0.4) is 0 Å². The summed E-state index contributed by atoms with van der Waals surface area (Å²) >= 11 is 0. The smallest absolute Gasteiger partial charge is 0.303 e. The molecule has 0 amide bonds. The lowest BCUT2D eigenvalue weighted by Gasteiger charge is -2.09. The van der Waals surface area contributed by atoms with E-state index in [2.05, 4.69) is 43.3 Å². The summed E-state index contributed by atoms with van der Waals surface area (Å²) in [6.45, 7) is 2.13. The second kappa shape index (κ2) is 5.67. The first-order chi connectivity index (χ1) is 8.68. The van der Waals surface area contributed by atoms with E-state index >= 15 is 0 Å². The van der Waals surface area contributed by atoms with E-state index in [9.17, 15) is 4.79 Å². The SMILES string of the molecule is Cc1cccc2cccc(CCCCC(=O)O)c12. The number of fused-ring (bicyclic) bond motifs is 1.